The van der Waals surface area contributed by atoms with Crippen LogP contribution in [0, 0.1) is 0 Å². The van der Waals surface area contributed by atoms with Gasteiger partial charge in [-0.25, -0.2) is 4.79 Å². The van der Waals surface area contributed by atoms with E-state index in [9.17, 15) is 9.59 Å². The summed E-state index contributed by atoms with van der Waals surface area (Å²) in [7, 11) is 0. The number of ether oxygens (including phenoxy) is 1. The largest absolute Gasteiger partial charge is 0.462 e. The van der Waals surface area contributed by atoms with Crippen molar-refractivity contribution >= 4 is 39.4 Å². The lowest BCUT2D eigenvalue weighted by Crippen LogP contribution is -2.22. The van der Waals surface area contributed by atoms with E-state index < -0.39 is 5.97 Å². The zero-order valence-electron chi connectivity index (χ0n) is 9.83. The molecule has 0 aromatic heterocycles. The number of benzene rings is 1. The molecule has 1 amide bonds. The highest BCUT2D eigenvalue weighted by atomic mass is 79.9. The van der Waals surface area contributed by atoms with Gasteiger partial charge in [0.05, 0.1) is 12.2 Å². The second-order valence-electron chi connectivity index (χ2n) is 3.60. The molecule has 0 bridgehead atoms. The van der Waals surface area contributed by atoms with Crippen LogP contribution in [0.25, 0.3) is 0 Å². The van der Waals surface area contributed by atoms with Crippen molar-refractivity contribution in [1.82, 2.24) is 5.32 Å². The van der Waals surface area contributed by atoms with Crippen molar-refractivity contribution in [2.75, 3.05) is 13.2 Å². The van der Waals surface area contributed by atoms with Gasteiger partial charge < -0.3 is 10.1 Å². The molecule has 0 unspecified atom stereocenters. The van der Waals surface area contributed by atoms with Gasteiger partial charge in [-0.2, -0.15) is 0 Å². The van der Waals surface area contributed by atoms with Gasteiger partial charge in [-0.3, -0.25) is 4.79 Å². The van der Waals surface area contributed by atoms with Gasteiger partial charge in [-0.15, -0.1) is 0 Å². The van der Waals surface area contributed by atoms with E-state index in [4.69, 9.17) is 16.3 Å². The van der Waals surface area contributed by atoms with E-state index in [2.05, 4.69) is 21.2 Å². The SMILES string of the molecule is CC(=O)NCCCOC(=O)c1ccc(Cl)cc1Br. The summed E-state index contributed by atoms with van der Waals surface area (Å²) in [5, 5.41) is 3.17. The molecule has 0 saturated heterocycles. The van der Waals surface area contributed by atoms with Crippen LogP contribution >= 0.6 is 27.5 Å². The monoisotopic (exact) mass is 333 g/mol. The number of esters is 1. The van der Waals surface area contributed by atoms with E-state index >= 15 is 0 Å². The van der Waals surface area contributed by atoms with Crippen LogP contribution in [0.3, 0.4) is 0 Å². The van der Waals surface area contributed by atoms with Crippen LogP contribution < -0.4 is 5.32 Å². The highest BCUT2D eigenvalue weighted by Gasteiger charge is 2.11. The maximum Gasteiger partial charge on any atom is 0.339 e. The van der Waals surface area contributed by atoms with Crippen molar-refractivity contribution in [1.29, 1.82) is 0 Å². The summed E-state index contributed by atoms with van der Waals surface area (Å²) in [5.74, 6) is -0.511. The summed E-state index contributed by atoms with van der Waals surface area (Å²) in [6, 6.07) is 4.86. The van der Waals surface area contributed by atoms with Gasteiger partial charge in [0.1, 0.15) is 0 Å². The Balaban J connectivity index is 2.39. The second-order valence-corrected chi connectivity index (χ2v) is 4.89. The van der Waals surface area contributed by atoms with Crippen molar-refractivity contribution < 1.29 is 14.3 Å². The van der Waals surface area contributed by atoms with Crippen molar-refractivity contribution in [3.8, 4) is 0 Å². The molecular formula is C12H13BrClNO3. The smallest absolute Gasteiger partial charge is 0.339 e. The van der Waals surface area contributed by atoms with Crippen molar-refractivity contribution in [2.24, 2.45) is 0 Å². The lowest BCUT2D eigenvalue weighted by molar-refractivity contribution is -0.118. The van der Waals surface area contributed by atoms with Crippen LogP contribution in [-0.2, 0) is 9.53 Å². The minimum absolute atomic E-state index is 0.0956. The molecule has 1 aromatic carbocycles. The molecule has 0 radical (unpaired) electrons. The first-order valence-corrected chi connectivity index (χ1v) is 6.54. The highest BCUT2D eigenvalue weighted by Crippen LogP contribution is 2.22. The van der Waals surface area contributed by atoms with Gasteiger partial charge in [0.2, 0.25) is 5.91 Å². The van der Waals surface area contributed by atoms with E-state index in [1.165, 1.54) is 6.92 Å². The molecule has 0 aliphatic carbocycles. The average Bonchev–Trinajstić information content (AvgIpc) is 2.27. The topological polar surface area (TPSA) is 55.4 Å². The molecule has 6 heteroatoms. The summed E-state index contributed by atoms with van der Waals surface area (Å²) in [4.78, 5) is 22.3. The molecule has 0 aliphatic rings. The first-order valence-electron chi connectivity index (χ1n) is 5.37. The van der Waals surface area contributed by atoms with E-state index in [0.29, 0.717) is 28.0 Å². The normalized spacial score (nSPS) is 9.94. The van der Waals surface area contributed by atoms with Gasteiger partial charge in [-0.05, 0) is 40.5 Å². The molecule has 0 fully saturated rings. The Bertz CT molecular complexity index is 451. The van der Waals surface area contributed by atoms with Gasteiger partial charge in [0.25, 0.3) is 0 Å². The fourth-order valence-electron chi connectivity index (χ4n) is 1.23. The zero-order chi connectivity index (χ0) is 13.5. The minimum Gasteiger partial charge on any atom is -0.462 e. The predicted octanol–water partition coefficient (Wildman–Crippen LogP) is 2.79. The third-order valence-electron chi connectivity index (χ3n) is 2.08. The van der Waals surface area contributed by atoms with E-state index in [1.54, 1.807) is 18.2 Å². The molecule has 1 aromatic rings. The third kappa shape index (κ3) is 5.06. The molecule has 0 heterocycles. The fourth-order valence-corrected chi connectivity index (χ4v) is 2.08. The highest BCUT2D eigenvalue weighted by molar-refractivity contribution is 9.10. The first kappa shape index (κ1) is 15.0. The Morgan fingerprint density at radius 2 is 2.17 bits per heavy atom. The Morgan fingerprint density at radius 1 is 1.44 bits per heavy atom. The van der Waals surface area contributed by atoms with Crippen LogP contribution in [0.5, 0.6) is 0 Å². The van der Waals surface area contributed by atoms with Crippen molar-refractivity contribution in [3.05, 3.63) is 33.3 Å². The molecule has 1 N–H and O–H groups in total. The molecule has 18 heavy (non-hydrogen) atoms. The van der Waals surface area contributed by atoms with Crippen LogP contribution in [0.1, 0.15) is 23.7 Å². The van der Waals surface area contributed by atoms with E-state index in [-0.39, 0.29) is 12.5 Å². The molecule has 0 saturated carbocycles. The van der Waals surface area contributed by atoms with Crippen molar-refractivity contribution in [2.45, 2.75) is 13.3 Å². The molecule has 98 valence electrons. The maximum absolute atomic E-state index is 11.7. The predicted molar refractivity (Wildman–Crippen MR) is 72.7 cm³/mol. The van der Waals surface area contributed by atoms with Gasteiger partial charge in [0.15, 0.2) is 0 Å². The fraction of sp³-hybridized carbons (Fsp3) is 0.333. The summed E-state index contributed by atoms with van der Waals surface area (Å²) in [5.41, 5.74) is 0.430. The number of carbonyl (C=O) groups excluding carboxylic acids is 2. The molecule has 0 atom stereocenters. The number of rotatable bonds is 5. The summed E-state index contributed by atoms with van der Waals surface area (Å²) >= 11 is 9.02. The Kier molecular flexibility index (Phi) is 6.15. The first-order chi connectivity index (χ1) is 8.50. The van der Waals surface area contributed by atoms with Crippen molar-refractivity contribution in [3.63, 3.8) is 0 Å². The number of hydrogen-bond acceptors (Lipinski definition) is 3. The Labute approximate surface area is 119 Å². The number of nitrogens with one attached hydrogen (secondary N) is 1. The number of carbonyl (C=O) groups is 2. The zero-order valence-corrected chi connectivity index (χ0v) is 12.2. The minimum atomic E-state index is -0.415. The lowest BCUT2D eigenvalue weighted by atomic mass is 10.2. The number of hydrogen-bond donors (Lipinski definition) is 1. The van der Waals surface area contributed by atoms with Crippen LogP contribution in [0.4, 0.5) is 0 Å². The number of halogens is 2. The van der Waals surface area contributed by atoms with Crippen LogP contribution in [-0.4, -0.2) is 25.0 Å². The van der Waals surface area contributed by atoms with E-state index in [0.717, 1.165) is 0 Å². The standard InChI is InChI=1S/C12H13BrClNO3/c1-8(16)15-5-2-6-18-12(17)10-4-3-9(14)7-11(10)13/h3-4,7H,2,5-6H2,1H3,(H,15,16). The second kappa shape index (κ2) is 7.38. The molecule has 4 nitrogen and oxygen atoms in total. The Hall–Kier alpha value is -1.07. The maximum atomic E-state index is 11.7. The van der Waals surface area contributed by atoms with Gasteiger partial charge in [-0.1, -0.05) is 11.6 Å². The van der Waals surface area contributed by atoms with E-state index in [1.807, 2.05) is 0 Å². The summed E-state index contributed by atoms with van der Waals surface area (Å²) in [6.45, 7) is 2.19. The molecule has 0 aliphatic heterocycles. The molecular weight excluding hydrogens is 321 g/mol. The number of amides is 1. The van der Waals surface area contributed by atoms with Crippen LogP contribution in [0.15, 0.2) is 22.7 Å². The molecule has 1 rings (SSSR count). The summed E-state index contributed by atoms with van der Waals surface area (Å²) < 4.78 is 5.67. The van der Waals surface area contributed by atoms with Gasteiger partial charge >= 0.3 is 5.97 Å². The van der Waals surface area contributed by atoms with Crippen LogP contribution in [0.2, 0.25) is 5.02 Å². The third-order valence-corrected chi connectivity index (χ3v) is 2.97. The quantitative estimate of drug-likeness (QED) is 0.665. The molecule has 0 spiro atoms. The van der Waals surface area contributed by atoms with Gasteiger partial charge in [0, 0.05) is 23.0 Å². The Morgan fingerprint density at radius 3 is 2.78 bits per heavy atom. The summed E-state index contributed by atoms with van der Waals surface area (Å²) in [6.07, 6.45) is 0.580. The lowest BCUT2D eigenvalue weighted by Gasteiger charge is -2.07. The average molecular weight is 335 g/mol.